The fourth-order valence-corrected chi connectivity index (χ4v) is 2.35. The molecule has 0 spiro atoms. The summed E-state index contributed by atoms with van der Waals surface area (Å²) in [6, 6.07) is 0. The van der Waals surface area contributed by atoms with Crippen LogP contribution in [0.4, 0.5) is 5.13 Å². The van der Waals surface area contributed by atoms with E-state index >= 15 is 0 Å². The fourth-order valence-electron chi connectivity index (χ4n) is 1.61. The Morgan fingerprint density at radius 3 is 2.68 bits per heavy atom. The SMILES string of the molecule is CCCNc1nnc(C(=O)N(CC)CC(C)CC)s1. The molecule has 0 radical (unpaired) electrons. The van der Waals surface area contributed by atoms with E-state index in [9.17, 15) is 4.79 Å². The number of nitrogens with zero attached hydrogens (tertiary/aromatic N) is 3. The topological polar surface area (TPSA) is 58.1 Å². The van der Waals surface area contributed by atoms with Crippen LogP contribution >= 0.6 is 11.3 Å². The molecule has 0 saturated carbocycles. The highest BCUT2D eigenvalue weighted by Gasteiger charge is 2.20. The summed E-state index contributed by atoms with van der Waals surface area (Å²) in [6.07, 6.45) is 2.10. The molecule has 0 saturated heterocycles. The van der Waals surface area contributed by atoms with E-state index in [1.807, 2.05) is 11.8 Å². The van der Waals surface area contributed by atoms with Gasteiger partial charge in [-0.1, -0.05) is 38.5 Å². The predicted molar refractivity (Wildman–Crippen MR) is 79.7 cm³/mol. The third-order valence-corrected chi connectivity index (χ3v) is 3.90. The summed E-state index contributed by atoms with van der Waals surface area (Å²) in [5.74, 6) is 0.499. The molecule has 0 bridgehead atoms. The average Bonchev–Trinajstić information content (AvgIpc) is 2.90. The zero-order chi connectivity index (χ0) is 14.3. The Balaban J connectivity index is 2.66. The molecule has 6 heteroatoms. The molecule has 1 aromatic heterocycles. The first-order valence-electron chi connectivity index (χ1n) is 6.98. The van der Waals surface area contributed by atoms with Gasteiger partial charge in [-0.15, -0.1) is 10.2 Å². The molecule has 0 aliphatic carbocycles. The maximum absolute atomic E-state index is 12.3. The van der Waals surface area contributed by atoms with Crippen molar-refractivity contribution in [3.05, 3.63) is 5.01 Å². The van der Waals surface area contributed by atoms with Gasteiger partial charge in [-0.2, -0.15) is 0 Å². The highest BCUT2D eigenvalue weighted by molar-refractivity contribution is 7.17. The first kappa shape index (κ1) is 15.9. The van der Waals surface area contributed by atoms with Gasteiger partial charge < -0.3 is 10.2 Å². The van der Waals surface area contributed by atoms with Crippen molar-refractivity contribution in [3.63, 3.8) is 0 Å². The molecule has 1 N–H and O–H groups in total. The molecule has 19 heavy (non-hydrogen) atoms. The maximum Gasteiger partial charge on any atom is 0.284 e. The van der Waals surface area contributed by atoms with Gasteiger partial charge in [-0.05, 0) is 19.3 Å². The van der Waals surface area contributed by atoms with Gasteiger partial charge in [0.05, 0.1) is 0 Å². The largest absolute Gasteiger partial charge is 0.360 e. The molecule has 1 aromatic rings. The van der Waals surface area contributed by atoms with Crippen molar-refractivity contribution in [2.75, 3.05) is 25.0 Å². The Morgan fingerprint density at radius 2 is 2.11 bits per heavy atom. The molecule has 1 unspecified atom stereocenters. The molecular formula is C13H24N4OS. The first-order chi connectivity index (χ1) is 9.12. The highest BCUT2D eigenvalue weighted by Crippen LogP contribution is 2.17. The van der Waals surface area contributed by atoms with E-state index < -0.39 is 0 Å². The van der Waals surface area contributed by atoms with Crippen LogP contribution in [0.3, 0.4) is 0 Å². The Labute approximate surface area is 119 Å². The van der Waals surface area contributed by atoms with Crippen LogP contribution in [0.25, 0.3) is 0 Å². The summed E-state index contributed by atoms with van der Waals surface area (Å²) in [6.45, 7) is 10.7. The lowest BCUT2D eigenvalue weighted by Gasteiger charge is -2.22. The van der Waals surface area contributed by atoms with Gasteiger partial charge in [0.1, 0.15) is 0 Å². The lowest BCUT2D eigenvalue weighted by atomic mass is 10.1. The monoisotopic (exact) mass is 284 g/mol. The van der Waals surface area contributed by atoms with Crippen LogP contribution in [-0.4, -0.2) is 40.6 Å². The lowest BCUT2D eigenvalue weighted by molar-refractivity contribution is 0.0739. The van der Waals surface area contributed by atoms with Crippen LogP contribution in [0.15, 0.2) is 0 Å². The Bertz CT molecular complexity index is 394. The Morgan fingerprint density at radius 1 is 1.37 bits per heavy atom. The summed E-state index contributed by atoms with van der Waals surface area (Å²) in [7, 11) is 0. The normalized spacial score (nSPS) is 12.2. The van der Waals surface area contributed by atoms with Gasteiger partial charge in [0.2, 0.25) is 10.1 Å². The zero-order valence-corrected chi connectivity index (χ0v) is 13.1. The quantitative estimate of drug-likeness (QED) is 0.797. The molecule has 0 aromatic carbocycles. The van der Waals surface area contributed by atoms with Crippen molar-refractivity contribution in [1.82, 2.24) is 15.1 Å². The van der Waals surface area contributed by atoms with Gasteiger partial charge >= 0.3 is 0 Å². The molecule has 1 atom stereocenters. The van der Waals surface area contributed by atoms with E-state index in [0.717, 1.165) is 31.1 Å². The van der Waals surface area contributed by atoms with E-state index in [-0.39, 0.29) is 5.91 Å². The summed E-state index contributed by atoms with van der Waals surface area (Å²) in [5.41, 5.74) is 0. The van der Waals surface area contributed by atoms with Crippen LogP contribution in [0.5, 0.6) is 0 Å². The molecule has 1 rings (SSSR count). The van der Waals surface area contributed by atoms with Crippen LogP contribution in [0, 0.1) is 5.92 Å². The van der Waals surface area contributed by atoms with Crippen molar-refractivity contribution in [2.45, 2.75) is 40.5 Å². The fraction of sp³-hybridized carbons (Fsp3) is 0.769. The molecular weight excluding hydrogens is 260 g/mol. The Hall–Kier alpha value is -1.17. The van der Waals surface area contributed by atoms with Crippen molar-refractivity contribution >= 4 is 22.4 Å². The number of nitrogens with one attached hydrogen (secondary N) is 1. The van der Waals surface area contributed by atoms with Gasteiger partial charge in [-0.3, -0.25) is 4.79 Å². The second-order valence-corrected chi connectivity index (χ2v) is 5.67. The summed E-state index contributed by atoms with van der Waals surface area (Å²) < 4.78 is 0. The molecule has 1 heterocycles. The van der Waals surface area contributed by atoms with E-state index in [1.54, 1.807) is 0 Å². The standard InChI is InChI=1S/C13H24N4OS/c1-5-8-14-13-16-15-11(19-13)12(18)17(7-3)9-10(4)6-2/h10H,5-9H2,1-4H3,(H,14,16). The van der Waals surface area contributed by atoms with Crippen LogP contribution < -0.4 is 5.32 Å². The van der Waals surface area contributed by atoms with Crippen LogP contribution in [0.1, 0.15) is 50.3 Å². The minimum absolute atomic E-state index is 0.00940. The number of hydrogen-bond acceptors (Lipinski definition) is 5. The number of amides is 1. The number of anilines is 1. The smallest absolute Gasteiger partial charge is 0.284 e. The summed E-state index contributed by atoms with van der Waals surface area (Å²) in [5, 5.41) is 12.3. The second kappa shape index (κ2) is 8.09. The maximum atomic E-state index is 12.3. The van der Waals surface area contributed by atoms with Gasteiger partial charge in [0, 0.05) is 19.6 Å². The third kappa shape index (κ3) is 4.78. The van der Waals surface area contributed by atoms with Crippen molar-refractivity contribution in [2.24, 2.45) is 5.92 Å². The van der Waals surface area contributed by atoms with E-state index in [4.69, 9.17) is 0 Å². The van der Waals surface area contributed by atoms with E-state index in [1.165, 1.54) is 11.3 Å². The number of carbonyl (C=O) groups is 1. The van der Waals surface area contributed by atoms with Gasteiger partial charge in [-0.25, -0.2) is 0 Å². The van der Waals surface area contributed by atoms with Gasteiger partial charge in [0.15, 0.2) is 0 Å². The zero-order valence-electron chi connectivity index (χ0n) is 12.3. The number of rotatable bonds is 8. The molecule has 0 fully saturated rings. The summed E-state index contributed by atoms with van der Waals surface area (Å²) >= 11 is 1.33. The van der Waals surface area contributed by atoms with Crippen LogP contribution in [-0.2, 0) is 0 Å². The highest BCUT2D eigenvalue weighted by atomic mass is 32.1. The van der Waals surface area contributed by atoms with Gasteiger partial charge in [0.25, 0.3) is 5.91 Å². The van der Waals surface area contributed by atoms with Crippen LogP contribution in [0.2, 0.25) is 0 Å². The Kier molecular flexibility index (Phi) is 6.77. The van der Waals surface area contributed by atoms with E-state index in [2.05, 4.69) is 36.3 Å². The second-order valence-electron chi connectivity index (χ2n) is 4.70. The van der Waals surface area contributed by atoms with Crippen molar-refractivity contribution < 1.29 is 4.79 Å². The molecule has 5 nitrogen and oxygen atoms in total. The first-order valence-corrected chi connectivity index (χ1v) is 7.80. The average molecular weight is 284 g/mol. The lowest BCUT2D eigenvalue weighted by Crippen LogP contribution is -2.34. The van der Waals surface area contributed by atoms with Crippen molar-refractivity contribution in [3.8, 4) is 0 Å². The number of aromatic nitrogens is 2. The molecule has 108 valence electrons. The van der Waals surface area contributed by atoms with Crippen molar-refractivity contribution in [1.29, 1.82) is 0 Å². The summed E-state index contributed by atoms with van der Waals surface area (Å²) in [4.78, 5) is 14.2. The molecule has 1 amide bonds. The predicted octanol–water partition coefficient (Wildman–Crippen LogP) is 2.87. The molecule has 0 aliphatic rings. The minimum Gasteiger partial charge on any atom is -0.360 e. The minimum atomic E-state index is -0.00940. The van der Waals surface area contributed by atoms with E-state index in [0.29, 0.717) is 17.5 Å². The third-order valence-electron chi connectivity index (χ3n) is 3.03. The number of carbonyl (C=O) groups excluding carboxylic acids is 1. The molecule has 0 aliphatic heterocycles. The number of hydrogen-bond donors (Lipinski definition) is 1.